The highest BCUT2D eigenvalue weighted by atomic mass is 16.3. The van der Waals surface area contributed by atoms with Gasteiger partial charge in [0.2, 0.25) is 0 Å². The van der Waals surface area contributed by atoms with Crippen molar-refractivity contribution in [2.24, 2.45) is 11.8 Å². The van der Waals surface area contributed by atoms with Crippen LogP contribution in [0.15, 0.2) is 10.5 Å². The molecule has 2 heterocycles. The summed E-state index contributed by atoms with van der Waals surface area (Å²) in [6, 6.07) is 2.90. The van der Waals surface area contributed by atoms with Crippen LogP contribution in [0, 0.1) is 18.8 Å². The summed E-state index contributed by atoms with van der Waals surface area (Å²) in [5.41, 5.74) is 1.35. The lowest BCUT2D eigenvalue weighted by atomic mass is 9.86. The third-order valence-corrected chi connectivity index (χ3v) is 4.71. The fourth-order valence-corrected chi connectivity index (χ4v) is 3.34. The van der Waals surface area contributed by atoms with E-state index in [-0.39, 0.29) is 0 Å². The van der Waals surface area contributed by atoms with Crippen LogP contribution in [0.4, 0.5) is 0 Å². The number of likely N-dealkylation sites (tertiary alicyclic amines) is 1. The molecule has 1 aromatic heterocycles. The average molecular weight is 278 g/mol. The van der Waals surface area contributed by atoms with Crippen LogP contribution in [0.2, 0.25) is 0 Å². The molecule has 1 aliphatic heterocycles. The molecular weight excluding hydrogens is 248 g/mol. The van der Waals surface area contributed by atoms with Gasteiger partial charge in [0.05, 0.1) is 6.54 Å². The van der Waals surface area contributed by atoms with Crippen molar-refractivity contribution in [2.75, 3.05) is 13.1 Å². The van der Waals surface area contributed by atoms with Crippen molar-refractivity contribution >= 4 is 0 Å². The van der Waals surface area contributed by atoms with Gasteiger partial charge in [0.25, 0.3) is 0 Å². The minimum Gasteiger partial charge on any atom is -0.465 e. The van der Waals surface area contributed by atoms with Gasteiger partial charge in [-0.05, 0) is 44.7 Å². The van der Waals surface area contributed by atoms with Crippen LogP contribution < -0.4 is 5.32 Å². The van der Waals surface area contributed by atoms with Crippen molar-refractivity contribution in [1.29, 1.82) is 0 Å². The maximum atomic E-state index is 5.86. The molecule has 114 valence electrons. The summed E-state index contributed by atoms with van der Waals surface area (Å²) in [6.07, 6.45) is 1.35. The standard InChI is InChI=1S/C17H30N2O/c1-6-18-9-17-8-16(15(5)20-17)11-19-10-12(2)7-13(3)14(19)4/h8,12-14,18H,6-7,9-11H2,1-5H3. The number of aryl methyl sites for hydroxylation is 1. The normalized spacial score (nSPS) is 27.9. The Balaban J connectivity index is 2.03. The third kappa shape index (κ3) is 3.64. The molecule has 1 aliphatic rings. The van der Waals surface area contributed by atoms with Crippen molar-refractivity contribution in [2.45, 2.75) is 60.2 Å². The van der Waals surface area contributed by atoms with Gasteiger partial charge in [0, 0.05) is 24.7 Å². The molecule has 0 aliphatic carbocycles. The smallest absolute Gasteiger partial charge is 0.118 e. The molecule has 1 saturated heterocycles. The summed E-state index contributed by atoms with van der Waals surface area (Å²) in [7, 11) is 0. The van der Waals surface area contributed by atoms with Crippen LogP contribution in [0.3, 0.4) is 0 Å². The van der Waals surface area contributed by atoms with Gasteiger partial charge in [-0.1, -0.05) is 20.8 Å². The van der Waals surface area contributed by atoms with Gasteiger partial charge in [-0.25, -0.2) is 0 Å². The largest absolute Gasteiger partial charge is 0.465 e. The van der Waals surface area contributed by atoms with E-state index in [1.807, 2.05) is 0 Å². The van der Waals surface area contributed by atoms with Crippen molar-refractivity contribution in [3.8, 4) is 0 Å². The van der Waals surface area contributed by atoms with Gasteiger partial charge < -0.3 is 9.73 Å². The zero-order valence-electron chi connectivity index (χ0n) is 13.7. The molecule has 0 bridgehead atoms. The summed E-state index contributed by atoms with van der Waals surface area (Å²) < 4.78 is 5.86. The van der Waals surface area contributed by atoms with E-state index in [1.54, 1.807) is 0 Å². The molecule has 20 heavy (non-hydrogen) atoms. The molecule has 0 saturated carbocycles. The van der Waals surface area contributed by atoms with Gasteiger partial charge in [0.1, 0.15) is 11.5 Å². The molecule has 3 atom stereocenters. The number of furan rings is 1. The van der Waals surface area contributed by atoms with Gasteiger partial charge in [-0.15, -0.1) is 0 Å². The maximum Gasteiger partial charge on any atom is 0.118 e. The lowest BCUT2D eigenvalue weighted by Gasteiger charge is -2.41. The van der Waals surface area contributed by atoms with E-state index >= 15 is 0 Å². The molecule has 0 spiro atoms. The minimum absolute atomic E-state index is 0.665. The lowest BCUT2D eigenvalue weighted by molar-refractivity contribution is 0.0725. The van der Waals surface area contributed by atoms with Crippen LogP contribution in [0.25, 0.3) is 0 Å². The van der Waals surface area contributed by atoms with Crippen molar-refractivity contribution in [3.05, 3.63) is 23.2 Å². The van der Waals surface area contributed by atoms with Crippen molar-refractivity contribution < 1.29 is 4.42 Å². The monoisotopic (exact) mass is 278 g/mol. The molecule has 1 fully saturated rings. The van der Waals surface area contributed by atoms with E-state index in [2.05, 4.69) is 50.9 Å². The first-order valence-electron chi connectivity index (χ1n) is 8.04. The first-order chi connectivity index (χ1) is 9.51. The van der Waals surface area contributed by atoms with Gasteiger partial charge in [-0.2, -0.15) is 0 Å². The van der Waals surface area contributed by atoms with E-state index in [1.165, 1.54) is 18.5 Å². The van der Waals surface area contributed by atoms with Crippen LogP contribution in [-0.4, -0.2) is 24.0 Å². The summed E-state index contributed by atoms with van der Waals surface area (Å²) in [5.74, 6) is 3.72. The topological polar surface area (TPSA) is 28.4 Å². The molecule has 2 rings (SSSR count). The zero-order chi connectivity index (χ0) is 14.7. The van der Waals surface area contributed by atoms with E-state index in [0.29, 0.717) is 6.04 Å². The molecule has 0 radical (unpaired) electrons. The Hall–Kier alpha value is -0.800. The van der Waals surface area contributed by atoms with E-state index < -0.39 is 0 Å². The summed E-state index contributed by atoms with van der Waals surface area (Å²) >= 11 is 0. The zero-order valence-corrected chi connectivity index (χ0v) is 13.7. The molecule has 1 N–H and O–H groups in total. The Bertz CT molecular complexity index is 427. The number of piperidine rings is 1. The van der Waals surface area contributed by atoms with Crippen LogP contribution in [0.5, 0.6) is 0 Å². The maximum absolute atomic E-state index is 5.86. The van der Waals surface area contributed by atoms with Crippen molar-refractivity contribution in [1.82, 2.24) is 10.2 Å². The van der Waals surface area contributed by atoms with Gasteiger partial charge in [0.15, 0.2) is 0 Å². The predicted molar refractivity (Wildman–Crippen MR) is 83.6 cm³/mol. The van der Waals surface area contributed by atoms with Gasteiger partial charge >= 0.3 is 0 Å². The first kappa shape index (κ1) is 15.6. The highest BCUT2D eigenvalue weighted by molar-refractivity contribution is 5.21. The molecular formula is C17H30N2O. The molecule has 3 unspecified atom stereocenters. The Morgan fingerprint density at radius 3 is 2.80 bits per heavy atom. The first-order valence-corrected chi connectivity index (χ1v) is 8.04. The molecule has 0 aromatic carbocycles. The van der Waals surface area contributed by atoms with E-state index in [9.17, 15) is 0 Å². The van der Waals surface area contributed by atoms with E-state index in [0.717, 1.165) is 43.0 Å². The SMILES string of the molecule is CCNCc1cc(CN2CC(C)CC(C)C2C)c(C)o1. The fraction of sp³-hybridized carbons (Fsp3) is 0.765. The highest BCUT2D eigenvalue weighted by Crippen LogP contribution is 2.29. The number of nitrogens with zero attached hydrogens (tertiary/aromatic N) is 1. The molecule has 3 nitrogen and oxygen atoms in total. The highest BCUT2D eigenvalue weighted by Gasteiger charge is 2.29. The van der Waals surface area contributed by atoms with E-state index in [4.69, 9.17) is 4.42 Å². The third-order valence-electron chi connectivity index (χ3n) is 4.71. The molecule has 3 heteroatoms. The Kier molecular flexibility index (Phi) is 5.28. The summed E-state index contributed by atoms with van der Waals surface area (Å²) in [5, 5.41) is 3.32. The number of hydrogen-bond acceptors (Lipinski definition) is 3. The second-order valence-electron chi connectivity index (χ2n) is 6.56. The number of rotatable bonds is 5. The van der Waals surface area contributed by atoms with Crippen LogP contribution >= 0.6 is 0 Å². The second-order valence-corrected chi connectivity index (χ2v) is 6.56. The quantitative estimate of drug-likeness (QED) is 0.892. The number of hydrogen-bond donors (Lipinski definition) is 1. The van der Waals surface area contributed by atoms with Crippen LogP contribution in [-0.2, 0) is 13.1 Å². The Morgan fingerprint density at radius 1 is 1.35 bits per heavy atom. The predicted octanol–water partition coefficient (Wildman–Crippen LogP) is 3.56. The lowest BCUT2D eigenvalue weighted by Crippen LogP contribution is -2.45. The van der Waals surface area contributed by atoms with Crippen molar-refractivity contribution in [3.63, 3.8) is 0 Å². The van der Waals surface area contributed by atoms with Crippen LogP contribution in [0.1, 0.15) is 51.2 Å². The Labute approximate surface area is 123 Å². The average Bonchev–Trinajstić information content (AvgIpc) is 2.73. The van der Waals surface area contributed by atoms with Gasteiger partial charge in [-0.3, -0.25) is 4.90 Å². The second kappa shape index (κ2) is 6.77. The summed E-state index contributed by atoms with van der Waals surface area (Å²) in [6.45, 7) is 15.4. The fourth-order valence-electron chi connectivity index (χ4n) is 3.34. The summed E-state index contributed by atoms with van der Waals surface area (Å²) in [4.78, 5) is 2.62. The molecule has 0 amide bonds. The number of nitrogens with one attached hydrogen (secondary N) is 1. The molecule has 1 aromatic rings. The Morgan fingerprint density at radius 2 is 2.10 bits per heavy atom. The minimum atomic E-state index is 0.665.